The molecule has 0 radical (unpaired) electrons. The predicted molar refractivity (Wildman–Crippen MR) is 95.2 cm³/mol. The van der Waals surface area contributed by atoms with Crippen molar-refractivity contribution in [2.45, 2.75) is 40.5 Å². The van der Waals surface area contributed by atoms with E-state index in [2.05, 4.69) is 19.2 Å². The molecule has 23 heavy (non-hydrogen) atoms. The summed E-state index contributed by atoms with van der Waals surface area (Å²) < 4.78 is 25.5. The number of hydrogen-bond donors (Lipinski definition) is 1. The highest BCUT2D eigenvalue weighted by Gasteiger charge is 2.20. The fourth-order valence-corrected chi connectivity index (χ4v) is 3.24. The van der Waals surface area contributed by atoms with E-state index in [4.69, 9.17) is 0 Å². The van der Waals surface area contributed by atoms with Crippen LogP contribution in [-0.4, -0.2) is 33.7 Å². The van der Waals surface area contributed by atoms with Crippen LogP contribution in [0.5, 0.6) is 0 Å². The Hall–Kier alpha value is -1.56. The number of hydrogen-bond acceptors (Lipinski definition) is 3. The van der Waals surface area contributed by atoms with Gasteiger partial charge in [-0.15, -0.1) is 0 Å². The molecule has 0 saturated heterocycles. The molecule has 0 heterocycles. The van der Waals surface area contributed by atoms with Crippen molar-refractivity contribution in [3.05, 3.63) is 29.3 Å². The lowest BCUT2D eigenvalue weighted by Crippen LogP contribution is -2.35. The van der Waals surface area contributed by atoms with Gasteiger partial charge in [-0.05, 0) is 43.4 Å². The van der Waals surface area contributed by atoms with Crippen molar-refractivity contribution >= 4 is 21.6 Å². The molecular formula is C17H28N2O3S. The number of sulfonamides is 1. The minimum Gasteiger partial charge on any atom is -0.356 e. The van der Waals surface area contributed by atoms with Crippen molar-refractivity contribution in [1.29, 1.82) is 0 Å². The summed E-state index contributed by atoms with van der Waals surface area (Å²) >= 11 is 0. The zero-order chi connectivity index (χ0) is 17.6. The Morgan fingerprint density at radius 2 is 1.91 bits per heavy atom. The number of carbonyl (C=O) groups excluding carboxylic acids is 1. The number of rotatable bonds is 8. The molecule has 0 saturated carbocycles. The molecular weight excluding hydrogens is 312 g/mol. The minimum atomic E-state index is -3.43. The highest BCUT2D eigenvalue weighted by molar-refractivity contribution is 7.92. The highest BCUT2D eigenvalue weighted by atomic mass is 32.2. The van der Waals surface area contributed by atoms with Gasteiger partial charge < -0.3 is 5.32 Å². The number of amides is 1. The SMILES string of the molecule is Cc1cccc(N(CCC(=O)NCCC(C)C)S(C)(=O)=O)c1C. The maximum atomic E-state index is 12.1. The third-order valence-corrected chi connectivity index (χ3v) is 5.01. The standard InChI is InChI=1S/C17H28N2O3S/c1-13(2)9-11-18-17(20)10-12-19(23(5,21)22)16-8-6-7-14(3)15(16)4/h6-8,13H,9-12H2,1-5H3,(H,18,20). The van der Waals surface area contributed by atoms with Crippen molar-refractivity contribution in [3.63, 3.8) is 0 Å². The van der Waals surface area contributed by atoms with Crippen LogP contribution in [0.4, 0.5) is 5.69 Å². The van der Waals surface area contributed by atoms with Crippen LogP contribution < -0.4 is 9.62 Å². The fraction of sp³-hybridized carbons (Fsp3) is 0.588. The maximum absolute atomic E-state index is 12.1. The third-order valence-electron chi connectivity index (χ3n) is 3.83. The topological polar surface area (TPSA) is 66.5 Å². The lowest BCUT2D eigenvalue weighted by Gasteiger charge is -2.24. The normalized spacial score (nSPS) is 11.6. The second-order valence-corrected chi connectivity index (χ2v) is 8.24. The van der Waals surface area contributed by atoms with Gasteiger partial charge in [-0.1, -0.05) is 26.0 Å². The van der Waals surface area contributed by atoms with Gasteiger partial charge in [0.05, 0.1) is 11.9 Å². The van der Waals surface area contributed by atoms with Gasteiger partial charge in [0.2, 0.25) is 15.9 Å². The zero-order valence-corrected chi connectivity index (χ0v) is 15.5. The Morgan fingerprint density at radius 1 is 1.26 bits per heavy atom. The Kier molecular flexibility index (Phi) is 7.06. The molecule has 1 N–H and O–H groups in total. The first-order valence-electron chi connectivity index (χ1n) is 7.93. The van der Waals surface area contributed by atoms with Gasteiger partial charge in [-0.25, -0.2) is 8.42 Å². The lowest BCUT2D eigenvalue weighted by molar-refractivity contribution is -0.120. The second kappa shape index (κ2) is 8.34. The Balaban J connectivity index is 2.78. The Labute approximate surface area is 140 Å². The Morgan fingerprint density at radius 3 is 2.48 bits per heavy atom. The van der Waals surface area contributed by atoms with Crippen LogP contribution in [0.3, 0.4) is 0 Å². The van der Waals surface area contributed by atoms with Crippen LogP contribution in [-0.2, 0) is 14.8 Å². The molecule has 5 nitrogen and oxygen atoms in total. The third kappa shape index (κ3) is 6.22. The number of nitrogens with one attached hydrogen (secondary N) is 1. The van der Waals surface area contributed by atoms with Crippen LogP contribution in [0.1, 0.15) is 37.8 Å². The minimum absolute atomic E-state index is 0.121. The summed E-state index contributed by atoms with van der Waals surface area (Å²) in [5.74, 6) is 0.405. The molecule has 0 aliphatic carbocycles. The molecule has 130 valence electrons. The Bertz CT molecular complexity index is 639. The molecule has 0 aliphatic rings. The van der Waals surface area contributed by atoms with E-state index < -0.39 is 10.0 Å². The van der Waals surface area contributed by atoms with E-state index in [0.717, 1.165) is 17.5 Å². The van der Waals surface area contributed by atoms with Gasteiger partial charge in [0.1, 0.15) is 0 Å². The van der Waals surface area contributed by atoms with Crippen LogP contribution >= 0.6 is 0 Å². The molecule has 1 rings (SSSR count). The maximum Gasteiger partial charge on any atom is 0.232 e. The predicted octanol–water partition coefficient (Wildman–Crippen LogP) is 2.62. The van der Waals surface area contributed by atoms with Gasteiger partial charge in [0.25, 0.3) is 0 Å². The van der Waals surface area contributed by atoms with Crippen LogP contribution in [0.2, 0.25) is 0 Å². The largest absolute Gasteiger partial charge is 0.356 e. The molecule has 0 aromatic heterocycles. The first-order valence-corrected chi connectivity index (χ1v) is 9.78. The molecule has 1 aromatic rings. The molecule has 1 amide bonds. The van der Waals surface area contributed by atoms with Gasteiger partial charge >= 0.3 is 0 Å². The van der Waals surface area contributed by atoms with Crippen LogP contribution in [0, 0.1) is 19.8 Å². The molecule has 0 bridgehead atoms. The molecule has 6 heteroatoms. The van der Waals surface area contributed by atoms with E-state index in [1.807, 2.05) is 26.0 Å². The zero-order valence-electron chi connectivity index (χ0n) is 14.7. The van der Waals surface area contributed by atoms with E-state index >= 15 is 0 Å². The first-order chi connectivity index (χ1) is 10.6. The van der Waals surface area contributed by atoms with E-state index in [-0.39, 0.29) is 18.9 Å². The van der Waals surface area contributed by atoms with E-state index in [0.29, 0.717) is 18.2 Å². The van der Waals surface area contributed by atoms with Crippen molar-refractivity contribution < 1.29 is 13.2 Å². The quantitative estimate of drug-likeness (QED) is 0.791. The average Bonchev–Trinajstić information content (AvgIpc) is 2.41. The van der Waals surface area contributed by atoms with E-state index in [1.165, 1.54) is 10.6 Å². The van der Waals surface area contributed by atoms with Crippen molar-refractivity contribution in [2.24, 2.45) is 5.92 Å². The number of nitrogens with zero attached hydrogens (tertiary/aromatic N) is 1. The molecule has 1 aromatic carbocycles. The number of benzene rings is 1. The smallest absolute Gasteiger partial charge is 0.232 e. The van der Waals surface area contributed by atoms with Crippen LogP contribution in [0.15, 0.2) is 18.2 Å². The summed E-state index contributed by atoms with van der Waals surface area (Å²) in [6, 6.07) is 5.55. The molecule has 0 fully saturated rings. The number of carbonyl (C=O) groups is 1. The lowest BCUT2D eigenvalue weighted by atomic mass is 10.1. The van der Waals surface area contributed by atoms with Gasteiger partial charge in [0, 0.05) is 19.5 Å². The average molecular weight is 340 g/mol. The van der Waals surface area contributed by atoms with Gasteiger partial charge in [0.15, 0.2) is 0 Å². The van der Waals surface area contributed by atoms with Crippen molar-refractivity contribution in [3.8, 4) is 0 Å². The first kappa shape index (κ1) is 19.5. The number of anilines is 1. The van der Waals surface area contributed by atoms with Gasteiger partial charge in [-0.2, -0.15) is 0 Å². The summed E-state index contributed by atoms with van der Waals surface area (Å²) in [6.07, 6.45) is 2.24. The summed E-state index contributed by atoms with van der Waals surface area (Å²) in [7, 11) is -3.43. The second-order valence-electron chi connectivity index (χ2n) is 6.34. The van der Waals surface area contributed by atoms with Crippen molar-refractivity contribution in [2.75, 3.05) is 23.7 Å². The molecule has 0 atom stereocenters. The van der Waals surface area contributed by atoms with E-state index in [1.54, 1.807) is 6.07 Å². The fourth-order valence-electron chi connectivity index (χ4n) is 2.26. The molecule has 0 spiro atoms. The summed E-state index contributed by atoms with van der Waals surface area (Å²) in [4.78, 5) is 11.9. The van der Waals surface area contributed by atoms with Gasteiger partial charge in [-0.3, -0.25) is 9.10 Å². The molecule has 0 unspecified atom stereocenters. The van der Waals surface area contributed by atoms with Crippen LogP contribution in [0.25, 0.3) is 0 Å². The monoisotopic (exact) mass is 340 g/mol. The molecule has 0 aliphatic heterocycles. The highest BCUT2D eigenvalue weighted by Crippen LogP contribution is 2.25. The number of aryl methyl sites for hydroxylation is 1. The summed E-state index contributed by atoms with van der Waals surface area (Å²) in [5, 5.41) is 2.84. The van der Waals surface area contributed by atoms with E-state index in [9.17, 15) is 13.2 Å². The summed E-state index contributed by atoms with van der Waals surface area (Å²) in [6.45, 7) is 8.80. The van der Waals surface area contributed by atoms with Crippen molar-refractivity contribution in [1.82, 2.24) is 5.32 Å². The summed E-state index contributed by atoms with van der Waals surface area (Å²) in [5.41, 5.74) is 2.58.